The molecule has 1 unspecified atom stereocenters. The lowest BCUT2D eigenvalue weighted by atomic mass is 10.1. The number of nitrogens with one attached hydrogen (secondary N) is 1. The van der Waals surface area contributed by atoms with Crippen molar-refractivity contribution in [1.82, 2.24) is 4.90 Å². The maximum atomic E-state index is 11.0. The Labute approximate surface area is 117 Å². The first kappa shape index (κ1) is 15.5. The van der Waals surface area contributed by atoms with Gasteiger partial charge in [0.15, 0.2) is 0 Å². The first-order chi connectivity index (χ1) is 8.88. The third-order valence-electron chi connectivity index (χ3n) is 2.45. The number of nitrogens with zero attached hydrogens (tertiary/aromatic N) is 1. The van der Waals surface area contributed by atoms with Crippen molar-refractivity contribution in [3.8, 4) is 0 Å². The van der Waals surface area contributed by atoms with Crippen LogP contribution in [0.2, 0.25) is 0 Å². The van der Waals surface area contributed by atoms with E-state index >= 15 is 0 Å². The van der Waals surface area contributed by atoms with E-state index in [-0.39, 0.29) is 17.8 Å². The van der Waals surface area contributed by atoms with Gasteiger partial charge in [-0.3, -0.25) is 14.5 Å². The molecule has 1 rings (SSSR count). The Balaban J connectivity index is 2.68. The topological polar surface area (TPSA) is 69.6 Å². The average molecular weight is 285 g/mol. The molecular formula is C13H17ClN2O3. The molecule has 1 aromatic carbocycles. The predicted octanol–water partition coefficient (Wildman–Crippen LogP) is 1.94. The van der Waals surface area contributed by atoms with Crippen molar-refractivity contribution in [2.24, 2.45) is 0 Å². The van der Waals surface area contributed by atoms with Crippen molar-refractivity contribution in [2.75, 3.05) is 25.5 Å². The van der Waals surface area contributed by atoms with Gasteiger partial charge in [0, 0.05) is 19.2 Å². The molecule has 5 nitrogen and oxygen atoms in total. The number of carboxylic acids is 1. The van der Waals surface area contributed by atoms with Gasteiger partial charge in [0.25, 0.3) is 0 Å². The van der Waals surface area contributed by atoms with Crippen molar-refractivity contribution >= 4 is 29.2 Å². The Morgan fingerprint density at radius 1 is 1.47 bits per heavy atom. The number of aliphatic carboxylic acids is 1. The smallest absolute Gasteiger partial charge is 0.317 e. The number of carbonyl (C=O) groups excluding carboxylic acids is 1. The van der Waals surface area contributed by atoms with E-state index in [4.69, 9.17) is 16.7 Å². The van der Waals surface area contributed by atoms with Gasteiger partial charge in [-0.2, -0.15) is 0 Å². The van der Waals surface area contributed by atoms with Crippen molar-refractivity contribution < 1.29 is 14.7 Å². The minimum atomic E-state index is -0.890. The highest BCUT2D eigenvalue weighted by atomic mass is 35.5. The zero-order valence-corrected chi connectivity index (χ0v) is 11.6. The number of halogens is 1. The molecule has 0 aliphatic carbocycles. The molecule has 0 spiro atoms. The van der Waals surface area contributed by atoms with Gasteiger partial charge < -0.3 is 10.4 Å². The van der Waals surface area contributed by atoms with E-state index in [0.29, 0.717) is 12.2 Å². The van der Waals surface area contributed by atoms with Gasteiger partial charge >= 0.3 is 5.97 Å². The van der Waals surface area contributed by atoms with Crippen LogP contribution in [0.5, 0.6) is 0 Å². The second-order valence-electron chi connectivity index (χ2n) is 4.36. The van der Waals surface area contributed by atoms with Crippen LogP contribution < -0.4 is 5.32 Å². The monoisotopic (exact) mass is 284 g/mol. The summed E-state index contributed by atoms with van der Waals surface area (Å²) < 4.78 is 0. The summed E-state index contributed by atoms with van der Waals surface area (Å²) in [5.74, 6) is -1.04. The molecule has 1 aromatic rings. The number of anilines is 1. The Hall–Kier alpha value is -1.59. The Kier molecular flexibility index (Phi) is 5.79. The summed E-state index contributed by atoms with van der Waals surface area (Å²) in [7, 11) is 1.70. The van der Waals surface area contributed by atoms with E-state index in [0.717, 1.165) is 5.56 Å². The predicted molar refractivity (Wildman–Crippen MR) is 74.5 cm³/mol. The zero-order chi connectivity index (χ0) is 14.4. The van der Waals surface area contributed by atoms with E-state index in [9.17, 15) is 9.59 Å². The number of hydrogen-bond donors (Lipinski definition) is 2. The standard InChI is InChI=1S/C13H17ClN2O3/c1-9(17)15-11-5-3-4-10(6-11)12(14)7-16(2)8-13(18)19/h3-6,12H,7-8H2,1-2H3,(H,15,17)(H,18,19). The summed E-state index contributed by atoms with van der Waals surface area (Å²) in [5, 5.41) is 11.0. The maximum absolute atomic E-state index is 11.0. The average Bonchev–Trinajstić information content (AvgIpc) is 2.27. The van der Waals surface area contributed by atoms with Gasteiger partial charge in [-0.25, -0.2) is 0 Å². The zero-order valence-electron chi connectivity index (χ0n) is 10.9. The minimum absolute atomic E-state index is 0.0609. The quantitative estimate of drug-likeness (QED) is 0.783. The van der Waals surface area contributed by atoms with Crippen LogP contribution >= 0.6 is 11.6 Å². The Morgan fingerprint density at radius 2 is 2.16 bits per heavy atom. The number of likely N-dealkylation sites (N-methyl/N-ethyl adjacent to an activating group) is 1. The number of hydrogen-bond acceptors (Lipinski definition) is 3. The summed E-state index contributed by atoms with van der Waals surface area (Å²) in [4.78, 5) is 23.2. The lowest BCUT2D eigenvalue weighted by Gasteiger charge is -2.18. The molecule has 1 amide bonds. The second-order valence-corrected chi connectivity index (χ2v) is 4.89. The number of benzene rings is 1. The summed E-state index contributed by atoms with van der Waals surface area (Å²) in [6.07, 6.45) is 0. The molecule has 19 heavy (non-hydrogen) atoms. The van der Waals surface area contributed by atoms with Crippen LogP contribution in [-0.2, 0) is 9.59 Å². The molecule has 0 saturated heterocycles. The van der Waals surface area contributed by atoms with Crippen LogP contribution in [0.4, 0.5) is 5.69 Å². The summed E-state index contributed by atoms with van der Waals surface area (Å²) in [5.41, 5.74) is 1.52. The highest BCUT2D eigenvalue weighted by Gasteiger charge is 2.13. The van der Waals surface area contributed by atoms with Crippen LogP contribution in [0, 0.1) is 0 Å². The van der Waals surface area contributed by atoms with Crippen molar-refractivity contribution in [3.05, 3.63) is 29.8 Å². The molecule has 0 aromatic heterocycles. The molecule has 0 radical (unpaired) electrons. The molecular weight excluding hydrogens is 268 g/mol. The van der Waals surface area contributed by atoms with Crippen molar-refractivity contribution in [2.45, 2.75) is 12.3 Å². The molecule has 6 heteroatoms. The number of rotatable bonds is 6. The Bertz CT molecular complexity index is 465. The molecule has 0 bridgehead atoms. The van der Waals surface area contributed by atoms with Gasteiger partial charge in [0.05, 0.1) is 11.9 Å². The van der Waals surface area contributed by atoms with Crippen LogP contribution in [0.1, 0.15) is 17.9 Å². The molecule has 104 valence electrons. The molecule has 0 aliphatic heterocycles. The minimum Gasteiger partial charge on any atom is -0.480 e. The summed E-state index contributed by atoms with van der Waals surface area (Å²) >= 11 is 6.25. The molecule has 0 aliphatic rings. The van der Waals surface area contributed by atoms with Crippen LogP contribution in [-0.4, -0.2) is 42.0 Å². The number of alkyl halides is 1. The lowest BCUT2D eigenvalue weighted by molar-refractivity contribution is -0.138. The SMILES string of the molecule is CC(=O)Nc1cccc(C(Cl)CN(C)CC(=O)O)c1. The molecule has 0 saturated carbocycles. The van der Waals surface area contributed by atoms with E-state index in [1.807, 2.05) is 6.07 Å². The Morgan fingerprint density at radius 3 is 2.74 bits per heavy atom. The number of carboxylic acid groups (broad SMARTS) is 1. The van der Waals surface area contributed by atoms with E-state index < -0.39 is 5.97 Å². The highest BCUT2D eigenvalue weighted by Crippen LogP contribution is 2.23. The first-order valence-electron chi connectivity index (χ1n) is 5.80. The molecule has 0 heterocycles. The van der Waals surface area contributed by atoms with E-state index in [2.05, 4.69) is 5.32 Å². The van der Waals surface area contributed by atoms with Gasteiger partial charge in [0.1, 0.15) is 0 Å². The lowest BCUT2D eigenvalue weighted by Crippen LogP contribution is -2.28. The fourth-order valence-electron chi connectivity index (χ4n) is 1.69. The number of amides is 1. The van der Waals surface area contributed by atoms with E-state index in [1.54, 1.807) is 30.1 Å². The van der Waals surface area contributed by atoms with Crippen molar-refractivity contribution in [3.63, 3.8) is 0 Å². The largest absolute Gasteiger partial charge is 0.480 e. The van der Waals surface area contributed by atoms with Crippen LogP contribution in [0.25, 0.3) is 0 Å². The van der Waals surface area contributed by atoms with Crippen LogP contribution in [0.15, 0.2) is 24.3 Å². The summed E-state index contributed by atoms with van der Waals surface area (Å²) in [6.45, 7) is 1.79. The maximum Gasteiger partial charge on any atom is 0.317 e. The van der Waals surface area contributed by atoms with Gasteiger partial charge in [0.2, 0.25) is 5.91 Å². The molecule has 2 N–H and O–H groups in total. The van der Waals surface area contributed by atoms with Crippen molar-refractivity contribution in [1.29, 1.82) is 0 Å². The van der Waals surface area contributed by atoms with Gasteiger partial charge in [-0.05, 0) is 24.7 Å². The van der Waals surface area contributed by atoms with Gasteiger partial charge in [-0.15, -0.1) is 11.6 Å². The highest BCUT2D eigenvalue weighted by molar-refractivity contribution is 6.21. The fraction of sp³-hybridized carbons (Fsp3) is 0.385. The third-order valence-corrected chi connectivity index (χ3v) is 2.84. The van der Waals surface area contributed by atoms with Gasteiger partial charge in [-0.1, -0.05) is 12.1 Å². The van der Waals surface area contributed by atoms with E-state index in [1.165, 1.54) is 6.92 Å². The summed E-state index contributed by atoms with van der Waals surface area (Å²) in [6, 6.07) is 7.20. The molecule has 1 atom stereocenters. The third kappa shape index (κ3) is 5.72. The fourth-order valence-corrected chi connectivity index (χ4v) is 2.06. The second kappa shape index (κ2) is 7.11. The number of carbonyl (C=O) groups is 2. The first-order valence-corrected chi connectivity index (χ1v) is 6.24. The van der Waals surface area contributed by atoms with Crippen LogP contribution in [0.3, 0.4) is 0 Å². The molecule has 0 fully saturated rings. The normalized spacial score (nSPS) is 12.2.